The van der Waals surface area contributed by atoms with Crippen LogP contribution in [-0.4, -0.2) is 52.0 Å². The van der Waals surface area contributed by atoms with Crippen molar-refractivity contribution in [3.8, 4) is 0 Å². The second-order valence-corrected chi connectivity index (χ2v) is 6.35. The first-order valence-electron chi connectivity index (χ1n) is 9.20. The Bertz CT molecular complexity index is 376. The van der Waals surface area contributed by atoms with Gasteiger partial charge in [-0.1, -0.05) is 30.9 Å². The molecule has 23 heavy (non-hydrogen) atoms. The highest BCUT2D eigenvalue weighted by Crippen LogP contribution is 2.20. The molecule has 0 amide bonds. The summed E-state index contributed by atoms with van der Waals surface area (Å²) in [6.07, 6.45) is 12.4. The van der Waals surface area contributed by atoms with E-state index < -0.39 is 0 Å². The lowest BCUT2D eigenvalue weighted by Crippen LogP contribution is -2.38. The van der Waals surface area contributed by atoms with E-state index in [0.717, 1.165) is 58.1 Å². The molecule has 2 aliphatic rings. The van der Waals surface area contributed by atoms with Crippen LogP contribution in [0.3, 0.4) is 0 Å². The van der Waals surface area contributed by atoms with E-state index in [1.165, 1.54) is 37.7 Å². The maximum absolute atomic E-state index is 5.94. The third-order valence-corrected chi connectivity index (χ3v) is 4.54. The smallest absolute Gasteiger partial charge is 0.190 e. The van der Waals surface area contributed by atoms with Gasteiger partial charge >= 0.3 is 0 Å². The zero-order valence-electron chi connectivity index (χ0n) is 14.6. The second kappa shape index (κ2) is 11.5. The van der Waals surface area contributed by atoms with Crippen molar-refractivity contribution in [2.45, 2.75) is 57.5 Å². The summed E-state index contributed by atoms with van der Waals surface area (Å²) in [6, 6.07) is 0. The van der Waals surface area contributed by atoms with Gasteiger partial charge in [-0.05, 0) is 32.1 Å². The van der Waals surface area contributed by atoms with Crippen LogP contribution >= 0.6 is 0 Å². The largest absolute Gasteiger partial charge is 0.378 e. The molecule has 2 N–H and O–H groups in total. The Morgan fingerprint density at radius 2 is 2.09 bits per heavy atom. The summed E-state index contributed by atoms with van der Waals surface area (Å²) in [5.41, 5.74) is 1.49. The van der Waals surface area contributed by atoms with Crippen LogP contribution in [-0.2, 0) is 9.47 Å². The van der Waals surface area contributed by atoms with E-state index in [2.05, 4.69) is 21.7 Å². The Kier molecular flexibility index (Phi) is 9.11. The monoisotopic (exact) mass is 323 g/mol. The molecule has 0 spiro atoms. The van der Waals surface area contributed by atoms with Crippen LogP contribution in [0, 0.1) is 0 Å². The molecule has 0 bridgehead atoms. The summed E-state index contributed by atoms with van der Waals surface area (Å²) in [6.45, 7) is 4.30. The summed E-state index contributed by atoms with van der Waals surface area (Å²) < 4.78 is 11.3. The Morgan fingerprint density at radius 1 is 1.26 bits per heavy atom. The molecule has 1 heterocycles. The molecule has 132 valence electrons. The van der Waals surface area contributed by atoms with Gasteiger partial charge in [0.25, 0.3) is 0 Å². The number of hydrogen-bond donors (Lipinski definition) is 2. The lowest BCUT2D eigenvalue weighted by molar-refractivity contribution is 0.0277. The molecule has 5 nitrogen and oxygen atoms in total. The molecule has 0 aromatic heterocycles. The van der Waals surface area contributed by atoms with E-state index in [0.29, 0.717) is 6.10 Å². The minimum Gasteiger partial charge on any atom is -0.378 e. The van der Waals surface area contributed by atoms with Gasteiger partial charge in [0.05, 0.1) is 19.3 Å². The van der Waals surface area contributed by atoms with Gasteiger partial charge in [0.1, 0.15) is 0 Å². The Labute approximate surface area is 140 Å². The summed E-state index contributed by atoms with van der Waals surface area (Å²) in [5, 5.41) is 6.73. The Balaban J connectivity index is 1.48. The standard InChI is InChI=1S/C18H33N3O2/c1-19-18(21-12-8-16-9-14-22-15-10-16)20-11-5-13-23-17-6-3-2-4-7-17/h9,17H,2-8,10-15H2,1H3,(H2,19,20,21). The lowest BCUT2D eigenvalue weighted by Gasteiger charge is -2.22. The molecule has 0 aromatic rings. The van der Waals surface area contributed by atoms with E-state index >= 15 is 0 Å². The maximum Gasteiger partial charge on any atom is 0.190 e. The summed E-state index contributed by atoms with van der Waals surface area (Å²) in [5.74, 6) is 0.885. The Morgan fingerprint density at radius 3 is 2.83 bits per heavy atom. The fourth-order valence-electron chi connectivity index (χ4n) is 3.12. The number of hydrogen-bond acceptors (Lipinski definition) is 3. The van der Waals surface area contributed by atoms with Gasteiger partial charge in [-0.15, -0.1) is 0 Å². The normalized spacial score (nSPS) is 20.2. The summed E-state index contributed by atoms with van der Waals surface area (Å²) in [4.78, 5) is 4.27. The van der Waals surface area contributed by atoms with Gasteiger partial charge in [-0.2, -0.15) is 0 Å². The van der Waals surface area contributed by atoms with Crippen molar-refractivity contribution in [2.75, 3.05) is 40.0 Å². The molecule has 0 aromatic carbocycles. The minimum absolute atomic E-state index is 0.508. The molecule has 1 aliphatic carbocycles. The van der Waals surface area contributed by atoms with Crippen molar-refractivity contribution in [3.63, 3.8) is 0 Å². The van der Waals surface area contributed by atoms with Crippen LogP contribution in [0.25, 0.3) is 0 Å². The van der Waals surface area contributed by atoms with Crippen LogP contribution in [0.1, 0.15) is 51.4 Å². The highest BCUT2D eigenvalue weighted by atomic mass is 16.5. The average Bonchev–Trinajstić information content (AvgIpc) is 2.61. The van der Waals surface area contributed by atoms with E-state index in [4.69, 9.17) is 9.47 Å². The zero-order chi connectivity index (χ0) is 16.2. The highest BCUT2D eigenvalue weighted by Gasteiger charge is 2.13. The predicted molar refractivity (Wildman–Crippen MR) is 94.9 cm³/mol. The van der Waals surface area contributed by atoms with E-state index in [1.54, 1.807) is 0 Å². The zero-order valence-corrected chi connectivity index (χ0v) is 14.6. The van der Waals surface area contributed by atoms with Crippen molar-refractivity contribution in [1.29, 1.82) is 0 Å². The maximum atomic E-state index is 5.94. The van der Waals surface area contributed by atoms with Crippen LogP contribution in [0.15, 0.2) is 16.6 Å². The lowest BCUT2D eigenvalue weighted by atomic mass is 9.98. The third-order valence-electron chi connectivity index (χ3n) is 4.54. The van der Waals surface area contributed by atoms with Gasteiger partial charge in [-0.3, -0.25) is 4.99 Å². The van der Waals surface area contributed by atoms with Crippen molar-refractivity contribution in [3.05, 3.63) is 11.6 Å². The first-order valence-corrected chi connectivity index (χ1v) is 9.20. The quantitative estimate of drug-likeness (QED) is 0.312. The van der Waals surface area contributed by atoms with Gasteiger partial charge in [-0.25, -0.2) is 0 Å². The predicted octanol–water partition coefficient (Wildman–Crippen LogP) is 2.63. The number of nitrogens with zero attached hydrogens (tertiary/aromatic N) is 1. The average molecular weight is 323 g/mol. The van der Waals surface area contributed by atoms with Gasteiger partial charge in [0.2, 0.25) is 0 Å². The highest BCUT2D eigenvalue weighted by molar-refractivity contribution is 5.79. The summed E-state index contributed by atoms with van der Waals surface area (Å²) in [7, 11) is 1.82. The molecule has 0 radical (unpaired) electrons. The fourth-order valence-corrected chi connectivity index (χ4v) is 3.12. The van der Waals surface area contributed by atoms with Crippen LogP contribution in [0.2, 0.25) is 0 Å². The van der Waals surface area contributed by atoms with Gasteiger partial charge < -0.3 is 20.1 Å². The van der Waals surface area contributed by atoms with Gasteiger partial charge in [0, 0.05) is 26.7 Å². The van der Waals surface area contributed by atoms with Crippen molar-refractivity contribution in [2.24, 2.45) is 4.99 Å². The molecular formula is C18H33N3O2. The Hall–Kier alpha value is -1.07. The number of ether oxygens (including phenoxy) is 2. The molecule has 0 atom stereocenters. The molecule has 0 saturated heterocycles. The number of guanidine groups is 1. The molecule has 2 rings (SSSR count). The number of nitrogens with one attached hydrogen (secondary N) is 2. The molecule has 1 saturated carbocycles. The first kappa shape index (κ1) is 18.3. The molecule has 1 aliphatic heterocycles. The van der Waals surface area contributed by atoms with Crippen molar-refractivity contribution in [1.82, 2.24) is 10.6 Å². The molecule has 0 unspecified atom stereocenters. The summed E-state index contributed by atoms with van der Waals surface area (Å²) >= 11 is 0. The molecular weight excluding hydrogens is 290 g/mol. The topological polar surface area (TPSA) is 54.9 Å². The second-order valence-electron chi connectivity index (χ2n) is 6.35. The molecule has 1 fully saturated rings. The van der Waals surface area contributed by atoms with E-state index in [1.807, 2.05) is 7.05 Å². The third kappa shape index (κ3) is 7.84. The minimum atomic E-state index is 0.508. The van der Waals surface area contributed by atoms with Gasteiger partial charge in [0.15, 0.2) is 5.96 Å². The van der Waals surface area contributed by atoms with E-state index in [9.17, 15) is 0 Å². The first-order chi connectivity index (χ1) is 11.4. The number of aliphatic imine (C=N–C) groups is 1. The SMILES string of the molecule is CN=C(NCCCOC1CCCCC1)NCCC1=CCOCC1. The van der Waals surface area contributed by atoms with Crippen molar-refractivity contribution < 1.29 is 9.47 Å². The molecule has 5 heteroatoms. The fraction of sp³-hybridized carbons (Fsp3) is 0.833. The van der Waals surface area contributed by atoms with Crippen LogP contribution < -0.4 is 10.6 Å². The number of rotatable bonds is 8. The van der Waals surface area contributed by atoms with E-state index in [-0.39, 0.29) is 0 Å². The van der Waals surface area contributed by atoms with Crippen LogP contribution in [0.5, 0.6) is 0 Å². The van der Waals surface area contributed by atoms with Crippen LogP contribution in [0.4, 0.5) is 0 Å². The van der Waals surface area contributed by atoms with Crippen molar-refractivity contribution >= 4 is 5.96 Å².